The van der Waals surface area contributed by atoms with Crippen LogP contribution >= 0.6 is 34.8 Å². The number of carbonyl (C=O) groups is 2. The number of hydrogen-bond donors (Lipinski definition) is 2. The van der Waals surface area contributed by atoms with Gasteiger partial charge in [0.25, 0.3) is 9.70 Å². The van der Waals surface area contributed by atoms with Gasteiger partial charge in [-0.25, -0.2) is 4.79 Å². The van der Waals surface area contributed by atoms with Crippen molar-refractivity contribution >= 4 is 65.0 Å². The topological polar surface area (TPSA) is 76.7 Å². The second-order valence-corrected chi connectivity index (χ2v) is 8.90. The van der Waals surface area contributed by atoms with E-state index in [4.69, 9.17) is 44.1 Å². The molecule has 1 saturated heterocycles. The van der Waals surface area contributed by atoms with Gasteiger partial charge in [0.05, 0.1) is 11.2 Å². The van der Waals surface area contributed by atoms with Crippen LogP contribution in [0, 0.1) is 0 Å². The van der Waals surface area contributed by atoms with Crippen molar-refractivity contribution in [3.63, 3.8) is 0 Å². The van der Waals surface area contributed by atoms with Crippen LogP contribution in [0.3, 0.4) is 0 Å². The Kier molecular flexibility index (Phi) is 5.66. The lowest BCUT2D eigenvalue weighted by molar-refractivity contribution is -0.119. The number of nitrogens with one attached hydrogen (secondary N) is 2. The lowest BCUT2D eigenvalue weighted by Gasteiger charge is -2.32. The van der Waals surface area contributed by atoms with Crippen LogP contribution in [-0.4, -0.2) is 34.1 Å². The highest BCUT2D eigenvalue weighted by Crippen LogP contribution is 2.36. The molecule has 0 aliphatic carbocycles. The van der Waals surface area contributed by atoms with Crippen LogP contribution in [0.25, 0.3) is 0 Å². The van der Waals surface area contributed by atoms with Crippen LogP contribution in [0.4, 0.5) is 10.5 Å². The average Bonchev–Trinajstić information content (AvgIpc) is 2.66. The molecule has 10 heteroatoms. The van der Waals surface area contributed by atoms with Gasteiger partial charge in [-0.2, -0.15) is 0 Å². The van der Waals surface area contributed by atoms with E-state index in [0.29, 0.717) is 5.69 Å². The second kappa shape index (κ2) is 6.97. The molecule has 0 spiro atoms. The zero-order valence-corrected chi connectivity index (χ0v) is 16.4. The summed E-state index contributed by atoms with van der Waals surface area (Å²) in [7, 11) is -0.572. The van der Waals surface area contributed by atoms with Crippen LogP contribution in [-0.2, 0) is 14.1 Å². The van der Waals surface area contributed by atoms with Gasteiger partial charge in [-0.15, -0.1) is 0 Å². The van der Waals surface area contributed by atoms with Crippen molar-refractivity contribution in [2.75, 3.05) is 5.32 Å². The molecule has 0 bridgehead atoms. The molecule has 0 unspecified atom stereocenters. The van der Waals surface area contributed by atoms with Crippen molar-refractivity contribution in [2.45, 2.75) is 42.7 Å². The van der Waals surface area contributed by atoms with Gasteiger partial charge in [-0.1, -0.05) is 46.9 Å². The van der Waals surface area contributed by atoms with Crippen molar-refractivity contribution < 1.29 is 18.9 Å². The molecular formula is C15H18BCl3N2O4. The van der Waals surface area contributed by atoms with Crippen molar-refractivity contribution in [2.24, 2.45) is 0 Å². The van der Waals surface area contributed by atoms with Crippen molar-refractivity contribution in [1.82, 2.24) is 5.32 Å². The van der Waals surface area contributed by atoms with E-state index < -0.39 is 34.1 Å². The van der Waals surface area contributed by atoms with Crippen molar-refractivity contribution in [3.05, 3.63) is 24.3 Å². The molecule has 0 saturated carbocycles. The average molecular weight is 407 g/mol. The number of halogens is 3. The second-order valence-electron chi connectivity index (χ2n) is 6.62. The molecule has 2 rings (SSSR count). The Morgan fingerprint density at radius 1 is 1.08 bits per heavy atom. The molecule has 3 amide bonds. The first-order valence-electron chi connectivity index (χ1n) is 7.46. The van der Waals surface area contributed by atoms with E-state index in [1.54, 1.807) is 18.2 Å². The monoisotopic (exact) mass is 406 g/mol. The molecule has 1 aliphatic rings. The van der Waals surface area contributed by atoms with Gasteiger partial charge < -0.3 is 14.6 Å². The largest absolute Gasteiger partial charge is 0.494 e. The van der Waals surface area contributed by atoms with E-state index in [2.05, 4.69) is 5.32 Å². The highest BCUT2D eigenvalue weighted by atomic mass is 35.6. The number of alkyl halides is 3. The Balaban J connectivity index is 2.08. The quantitative estimate of drug-likeness (QED) is 0.584. The fourth-order valence-electron chi connectivity index (χ4n) is 2.08. The molecule has 1 heterocycles. The maximum atomic E-state index is 11.8. The summed E-state index contributed by atoms with van der Waals surface area (Å²) in [5.41, 5.74) is 0.204. The van der Waals surface area contributed by atoms with Crippen LogP contribution in [0.1, 0.15) is 27.7 Å². The lowest BCUT2D eigenvalue weighted by Crippen LogP contribution is -2.41. The zero-order chi connectivity index (χ0) is 19.0. The Bertz CT molecular complexity index is 676. The zero-order valence-electron chi connectivity index (χ0n) is 14.2. The van der Waals surface area contributed by atoms with Gasteiger partial charge in [0.1, 0.15) is 0 Å². The molecule has 1 aliphatic heterocycles. The summed E-state index contributed by atoms with van der Waals surface area (Å²) < 4.78 is 9.70. The third-order valence-corrected chi connectivity index (χ3v) is 4.67. The number of anilines is 1. The van der Waals surface area contributed by atoms with Crippen molar-refractivity contribution in [1.29, 1.82) is 0 Å². The molecule has 136 valence electrons. The SMILES string of the molecule is CC1(C)OB(c2cccc(NC(=O)NC(=O)C(Cl)(Cl)Cl)c2)OC1(C)C. The Labute approximate surface area is 161 Å². The Morgan fingerprint density at radius 2 is 1.64 bits per heavy atom. The molecule has 6 nitrogen and oxygen atoms in total. The maximum Gasteiger partial charge on any atom is 0.494 e. The number of imide groups is 1. The van der Waals surface area contributed by atoms with Crippen molar-refractivity contribution in [3.8, 4) is 0 Å². The standard InChI is InChI=1S/C15H18BCl3N2O4/c1-13(2)14(3,4)25-16(24-13)9-6-5-7-10(8-9)20-12(23)21-11(22)15(17,18)19/h5-8H,1-4H3,(H2,20,21,22,23). The first kappa shape index (κ1) is 20.3. The number of rotatable bonds is 2. The molecule has 25 heavy (non-hydrogen) atoms. The van der Waals surface area contributed by atoms with E-state index >= 15 is 0 Å². The fourth-order valence-corrected chi connectivity index (χ4v) is 2.22. The minimum Gasteiger partial charge on any atom is -0.399 e. The first-order chi connectivity index (χ1) is 11.3. The molecule has 1 aromatic carbocycles. The van der Waals surface area contributed by atoms with Gasteiger partial charge in [-0.3, -0.25) is 10.1 Å². The Hall–Kier alpha value is -0.985. The molecule has 2 N–H and O–H groups in total. The van der Waals surface area contributed by atoms with Gasteiger partial charge >= 0.3 is 13.1 Å². The van der Waals surface area contributed by atoms with E-state index in [1.807, 2.05) is 39.1 Å². The summed E-state index contributed by atoms with van der Waals surface area (Å²) in [6, 6.07) is 6.06. The number of urea groups is 1. The van der Waals surface area contributed by atoms with Crippen LogP contribution in [0.2, 0.25) is 0 Å². The number of carbonyl (C=O) groups excluding carboxylic acids is 2. The van der Waals surface area contributed by atoms with Gasteiger partial charge in [-0.05, 0) is 45.3 Å². The predicted molar refractivity (Wildman–Crippen MR) is 99.6 cm³/mol. The summed E-state index contributed by atoms with van der Waals surface area (Å²) in [5, 5.41) is 4.43. The van der Waals surface area contributed by atoms with Gasteiger partial charge in [0.2, 0.25) is 0 Å². The van der Waals surface area contributed by atoms with Gasteiger partial charge in [0, 0.05) is 5.69 Å². The highest BCUT2D eigenvalue weighted by Gasteiger charge is 2.51. The number of hydrogen-bond acceptors (Lipinski definition) is 4. The van der Waals surface area contributed by atoms with Crippen LogP contribution < -0.4 is 16.1 Å². The summed E-state index contributed by atoms with van der Waals surface area (Å²) in [6.07, 6.45) is 0. The van der Waals surface area contributed by atoms with Crippen LogP contribution in [0.15, 0.2) is 24.3 Å². The molecule has 0 aromatic heterocycles. The summed E-state index contributed by atoms with van der Waals surface area (Å²) in [5.74, 6) is -1.04. The molecule has 1 aromatic rings. The molecule has 0 radical (unpaired) electrons. The van der Waals surface area contributed by atoms with E-state index in [9.17, 15) is 9.59 Å². The lowest BCUT2D eigenvalue weighted by atomic mass is 9.79. The normalized spacial score (nSPS) is 18.8. The van der Waals surface area contributed by atoms with E-state index in [1.165, 1.54) is 0 Å². The first-order valence-corrected chi connectivity index (χ1v) is 8.60. The van der Waals surface area contributed by atoms with E-state index in [-0.39, 0.29) is 0 Å². The predicted octanol–water partition coefficient (Wildman–Crippen LogP) is 3.00. The van der Waals surface area contributed by atoms with Crippen LogP contribution in [0.5, 0.6) is 0 Å². The maximum absolute atomic E-state index is 11.8. The minimum atomic E-state index is -2.22. The molecule has 1 fully saturated rings. The number of benzene rings is 1. The number of amides is 3. The summed E-state index contributed by atoms with van der Waals surface area (Å²) >= 11 is 16.2. The summed E-state index contributed by atoms with van der Waals surface area (Å²) in [4.78, 5) is 23.3. The minimum absolute atomic E-state index is 0.432. The third kappa shape index (κ3) is 4.80. The Morgan fingerprint density at radius 3 is 2.16 bits per heavy atom. The molecular weight excluding hydrogens is 389 g/mol. The smallest absolute Gasteiger partial charge is 0.399 e. The van der Waals surface area contributed by atoms with Gasteiger partial charge in [0.15, 0.2) is 0 Å². The fraction of sp³-hybridized carbons (Fsp3) is 0.467. The van der Waals surface area contributed by atoms with E-state index in [0.717, 1.165) is 5.46 Å². The molecule has 0 atom stereocenters. The summed E-state index contributed by atoms with van der Waals surface area (Å²) in [6.45, 7) is 7.80. The highest BCUT2D eigenvalue weighted by molar-refractivity contribution is 6.76. The third-order valence-electron chi connectivity index (χ3n) is 4.15.